The number of piperidine rings is 1. The number of carbonyl (C=O) groups is 2. The smallest absolute Gasteiger partial charge is 0.257 e. The van der Waals surface area contributed by atoms with Gasteiger partial charge in [0.1, 0.15) is 0 Å². The molecule has 44 heavy (non-hydrogen) atoms. The third-order valence-corrected chi connectivity index (χ3v) is 9.18. The van der Waals surface area contributed by atoms with Gasteiger partial charge >= 0.3 is 0 Å². The van der Waals surface area contributed by atoms with E-state index in [1.165, 1.54) is 0 Å². The van der Waals surface area contributed by atoms with Gasteiger partial charge in [0.05, 0.1) is 11.3 Å². The summed E-state index contributed by atoms with van der Waals surface area (Å²) in [7, 11) is 0. The quantitative estimate of drug-likeness (QED) is 0.361. The first kappa shape index (κ1) is 31.6. The van der Waals surface area contributed by atoms with E-state index in [0.29, 0.717) is 55.7 Å². The first-order chi connectivity index (χ1) is 21.3. The molecule has 0 atom stereocenters. The standard InChI is InChI=1S/C36H48N6O2/c1-27(2)39-19-10-20-42(34(43)16-15-30-11-6-5-7-12-30)33-14-9-8-13-31(33)26-41(24-23-39)35(44)32-25-37-36(38-29(32)4)40-21-17-28(3)18-22-40/h5-9,11-14,25,27-28H,10,15-24,26H2,1-4H3. The van der Waals surface area contributed by atoms with Crippen molar-refractivity contribution in [3.05, 3.63) is 83.2 Å². The Labute approximate surface area is 263 Å². The van der Waals surface area contributed by atoms with Gasteiger partial charge in [0.15, 0.2) is 0 Å². The van der Waals surface area contributed by atoms with Crippen molar-refractivity contribution < 1.29 is 9.59 Å². The maximum atomic E-state index is 14.2. The zero-order valence-electron chi connectivity index (χ0n) is 26.9. The van der Waals surface area contributed by atoms with Gasteiger partial charge in [-0.25, -0.2) is 9.97 Å². The van der Waals surface area contributed by atoms with Crippen molar-refractivity contribution in [3.8, 4) is 0 Å². The third kappa shape index (κ3) is 7.83. The predicted molar refractivity (Wildman–Crippen MR) is 177 cm³/mol. The van der Waals surface area contributed by atoms with Gasteiger partial charge in [0.2, 0.25) is 11.9 Å². The van der Waals surface area contributed by atoms with Gasteiger partial charge in [0, 0.05) is 70.2 Å². The van der Waals surface area contributed by atoms with Crippen LogP contribution in [0.2, 0.25) is 0 Å². The fraction of sp³-hybridized carbons (Fsp3) is 0.500. The van der Waals surface area contributed by atoms with Crippen LogP contribution in [0.5, 0.6) is 0 Å². The Morgan fingerprint density at radius 3 is 2.36 bits per heavy atom. The van der Waals surface area contributed by atoms with E-state index in [1.807, 2.05) is 53.1 Å². The average Bonchev–Trinajstić information content (AvgIpc) is 3.07. The third-order valence-electron chi connectivity index (χ3n) is 9.18. The number of hydrogen-bond acceptors (Lipinski definition) is 6. The lowest BCUT2D eigenvalue weighted by Crippen LogP contribution is -2.41. The molecule has 0 bridgehead atoms. The van der Waals surface area contributed by atoms with E-state index < -0.39 is 0 Å². The molecule has 1 fully saturated rings. The fourth-order valence-corrected chi connectivity index (χ4v) is 6.28. The highest BCUT2D eigenvalue weighted by Crippen LogP contribution is 2.26. The Kier molecular flexibility index (Phi) is 10.6. The van der Waals surface area contributed by atoms with E-state index >= 15 is 0 Å². The first-order valence-corrected chi connectivity index (χ1v) is 16.3. The number of amides is 2. The molecule has 0 radical (unpaired) electrons. The van der Waals surface area contributed by atoms with Crippen LogP contribution in [0.3, 0.4) is 0 Å². The lowest BCUT2D eigenvalue weighted by molar-refractivity contribution is -0.118. The van der Waals surface area contributed by atoms with Crippen LogP contribution in [0, 0.1) is 12.8 Å². The highest BCUT2D eigenvalue weighted by atomic mass is 16.2. The Morgan fingerprint density at radius 2 is 1.64 bits per heavy atom. The molecule has 0 unspecified atom stereocenters. The molecule has 3 aromatic rings. The van der Waals surface area contributed by atoms with Gasteiger partial charge in [-0.2, -0.15) is 0 Å². The molecule has 3 heterocycles. The number of benzene rings is 2. The Bertz CT molecular complexity index is 1400. The van der Waals surface area contributed by atoms with Gasteiger partial charge in [-0.3, -0.25) is 14.5 Å². The second-order valence-electron chi connectivity index (χ2n) is 12.7. The molecule has 8 nitrogen and oxygen atoms in total. The summed E-state index contributed by atoms with van der Waals surface area (Å²) in [6, 6.07) is 18.6. The summed E-state index contributed by atoms with van der Waals surface area (Å²) in [5, 5.41) is 0. The van der Waals surface area contributed by atoms with Crippen LogP contribution in [-0.4, -0.2) is 76.9 Å². The van der Waals surface area contributed by atoms with Crippen molar-refractivity contribution in [2.75, 3.05) is 49.1 Å². The summed E-state index contributed by atoms with van der Waals surface area (Å²) >= 11 is 0. The molecule has 0 spiro atoms. The van der Waals surface area contributed by atoms with Crippen molar-refractivity contribution >= 4 is 23.5 Å². The minimum absolute atomic E-state index is 0.0685. The van der Waals surface area contributed by atoms with E-state index in [9.17, 15) is 9.59 Å². The summed E-state index contributed by atoms with van der Waals surface area (Å²) in [4.78, 5) is 45.9. The van der Waals surface area contributed by atoms with Crippen LogP contribution in [-0.2, 0) is 17.8 Å². The summed E-state index contributed by atoms with van der Waals surface area (Å²) < 4.78 is 0. The molecule has 8 heteroatoms. The van der Waals surface area contributed by atoms with Gasteiger partial charge in [-0.15, -0.1) is 0 Å². The number of anilines is 2. The molecule has 2 aromatic carbocycles. The van der Waals surface area contributed by atoms with E-state index in [-0.39, 0.29) is 11.8 Å². The first-order valence-electron chi connectivity index (χ1n) is 16.3. The van der Waals surface area contributed by atoms with Crippen LogP contribution < -0.4 is 9.80 Å². The van der Waals surface area contributed by atoms with Crippen LogP contribution in [0.1, 0.15) is 73.6 Å². The van der Waals surface area contributed by atoms with Crippen LogP contribution in [0.4, 0.5) is 11.6 Å². The largest absolute Gasteiger partial charge is 0.341 e. The molecule has 2 aliphatic heterocycles. The van der Waals surface area contributed by atoms with Crippen molar-refractivity contribution in [1.29, 1.82) is 0 Å². The number of carbonyl (C=O) groups excluding carboxylic acids is 2. The predicted octanol–water partition coefficient (Wildman–Crippen LogP) is 5.74. The molecule has 234 valence electrons. The number of fused-ring (bicyclic) bond motifs is 1. The van der Waals surface area contributed by atoms with Crippen molar-refractivity contribution in [2.45, 2.75) is 72.4 Å². The van der Waals surface area contributed by atoms with E-state index in [4.69, 9.17) is 4.98 Å². The van der Waals surface area contributed by atoms with Crippen molar-refractivity contribution in [1.82, 2.24) is 19.8 Å². The molecule has 0 aliphatic carbocycles. The molecule has 0 saturated carbocycles. The van der Waals surface area contributed by atoms with Crippen molar-refractivity contribution in [3.63, 3.8) is 0 Å². The average molecular weight is 597 g/mol. The van der Waals surface area contributed by atoms with Gasteiger partial charge in [0.25, 0.3) is 5.91 Å². The molecule has 5 rings (SSSR count). The summed E-state index contributed by atoms with van der Waals surface area (Å²) in [6.07, 6.45) is 5.99. The van der Waals surface area contributed by atoms with Gasteiger partial charge in [-0.05, 0) is 69.6 Å². The normalized spacial score (nSPS) is 17.3. The zero-order valence-corrected chi connectivity index (χ0v) is 26.9. The molecular formula is C36H48N6O2. The topological polar surface area (TPSA) is 72.9 Å². The zero-order chi connectivity index (χ0) is 31.1. The minimum Gasteiger partial charge on any atom is -0.341 e. The maximum Gasteiger partial charge on any atom is 0.257 e. The SMILES string of the molecule is Cc1nc(N2CCC(C)CC2)ncc1C(=O)N1CCN(C(C)C)CCCN(C(=O)CCc2ccccc2)c2ccccc2C1. The highest BCUT2D eigenvalue weighted by molar-refractivity contribution is 5.96. The second kappa shape index (κ2) is 14.8. The summed E-state index contributed by atoms with van der Waals surface area (Å²) in [5.74, 6) is 1.48. The van der Waals surface area contributed by atoms with Crippen molar-refractivity contribution in [2.24, 2.45) is 5.92 Å². The van der Waals surface area contributed by atoms with E-state index in [0.717, 1.165) is 68.2 Å². The molecule has 0 N–H and O–H groups in total. The lowest BCUT2D eigenvalue weighted by atomic mass is 10.00. The maximum absolute atomic E-state index is 14.2. The molecule has 1 aromatic heterocycles. The molecule has 1 saturated heterocycles. The summed E-state index contributed by atoms with van der Waals surface area (Å²) in [6.45, 7) is 13.7. The van der Waals surface area contributed by atoms with Gasteiger partial charge in [-0.1, -0.05) is 55.5 Å². The Balaban J connectivity index is 1.41. The van der Waals surface area contributed by atoms with Crippen LogP contribution in [0.15, 0.2) is 60.8 Å². The number of para-hydroxylation sites is 1. The fourth-order valence-electron chi connectivity index (χ4n) is 6.28. The monoisotopic (exact) mass is 596 g/mol. The summed E-state index contributed by atoms with van der Waals surface area (Å²) in [5.41, 5.74) is 4.28. The van der Waals surface area contributed by atoms with Crippen LogP contribution in [0.25, 0.3) is 0 Å². The second-order valence-corrected chi connectivity index (χ2v) is 12.7. The highest BCUT2D eigenvalue weighted by Gasteiger charge is 2.27. The number of rotatable bonds is 6. The molecular weight excluding hydrogens is 548 g/mol. The van der Waals surface area contributed by atoms with Gasteiger partial charge < -0.3 is 14.7 Å². The minimum atomic E-state index is -0.0685. The number of aromatic nitrogens is 2. The lowest BCUT2D eigenvalue weighted by Gasteiger charge is -2.31. The van der Waals surface area contributed by atoms with Crippen LogP contribution >= 0.6 is 0 Å². The number of aryl methyl sites for hydroxylation is 2. The Morgan fingerprint density at radius 1 is 0.909 bits per heavy atom. The number of hydrogen-bond donors (Lipinski definition) is 0. The molecule has 2 aliphatic rings. The Hall–Kier alpha value is -3.78. The van der Waals surface area contributed by atoms with E-state index in [2.05, 4.69) is 53.8 Å². The molecule has 2 amide bonds. The van der Waals surface area contributed by atoms with E-state index in [1.54, 1.807) is 6.20 Å². The number of nitrogens with zero attached hydrogens (tertiary/aromatic N) is 6.